The van der Waals surface area contributed by atoms with Crippen LogP contribution < -0.4 is 0 Å². The van der Waals surface area contributed by atoms with Crippen LogP contribution in [0.15, 0.2) is 16.5 Å². The first-order valence-electron chi connectivity index (χ1n) is 5.69. The third kappa shape index (κ3) is 2.52. The van der Waals surface area contributed by atoms with Gasteiger partial charge in [-0.25, -0.2) is 0 Å². The van der Waals surface area contributed by atoms with Crippen LogP contribution in [0.5, 0.6) is 0 Å². The van der Waals surface area contributed by atoms with Crippen LogP contribution in [-0.2, 0) is 4.79 Å². The van der Waals surface area contributed by atoms with Gasteiger partial charge in [0.05, 0.1) is 0 Å². The molecule has 0 saturated carbocycles. The number of carbonyl (C=O) groups is 2. The van der Waals surface area contributed by atoms with E-state index < -0.39 is 0 Å². The van der Waals surface area contributed by atoms with Gasteiger partial charge in [-0.3, -0.25) is 9.59 Å². The van der Waals surface area contributed by atoms with Crippen molar-refractivity contribution in [2.24, 2.45) is 5.92 Å². The van der Waals surface area contributed by atoms with E-state index in [1.807, 2.05) is 6.92 Å². The van der Waals surface area contributed by atoms with Crippen molar-refractivity contribution in [1.82, 2.24) is 4.90 Å². The fourth-order valence-corrected chi connectivity index (χ4v) is 2.18. The van der Waals surface area contributed by atoms with Crippen molar-refractivity contribution in [2.45, 2.75) is 19.8 Å². The molecule has 17 heavy (non-hydrogen) atoms. The lowest BCUT2D eigenvalue weighted by atomic mass is 9.94. The lowest BCUT2D eigenvalue weighted by molar-refractivity contribution is -0.125. The molecule has 1 saturated heterocycles. The number of furan rings is 1. The van der Waals surface area contributed by atoms with Gasteiger partial charge in [0.25, 0.3) is 5.91 Å². The first kappa shape index (κ1) is 12.2. The number of ketones is 1. The number of carbonyl (C=O) groups excluding carboxylic acids is 2. The van der Waals surface area contributed by atoms with Crippen LogP contribution >= 0.6 is 11.6 Å². The van der Waals surface area contributed by atoms with Crippen molar-refractivity contribution in [3.63, 3.8) is 0 Å². The van der Waals surface area contributed by atoms with Crippen molar-refractivity contribution in [1.29, 1.82) is 0 Å². The maximum Gasteiger partial charge on any atom is 0.289 e. The van der Waals surface area contributed by atoms with Gasteiger partial charge < -0.3 is 9.32 Å². The highest BCUT2D eigenvalue weighted by Gasteiger charge is 2.30. The Labute approximate surface area is 105 Å². The first-order valence-corrected chi connectivity index (χ1v) is 6.07. The number of likely N-dealkylation sites (tertiary alicyclic amines) is 1. The van der Waals surface area contributed by atoms with Gasteiger partial charge in [0.2, 0.25) is 0 Å². The molecule has 1 aliphatic rings. The molecule has 1 atom stereocenters. The molecular formula is C12H14ClNO3. The summed E-state index contributed by atoms with van der Waals surface area (Å²) in [5.74, 6) is 0.245. The monoisotopic (exact) mass is 255 g/mol. The van der Waals surface area contributed by atoms with Crippen molar-refractivity contribution in [3.8, 4) is 0 Å². The Hall–Kier alpha value is -1.29. The smallest absolute Gasteiger partial charge is 0.289 e. The summed E-state index contributed by atoms with van der Waals surface area (Å²) in [6.45, 7) is 2.90. The molecule has 1 aromatic rings. The highest BCUT2D eigenvalue weighted by atomic mass is 35.5. The second-order valence-electron chi connectivity index (χ2n) is 4.18. The third-order valence-electron chi connectivity index (χ3n) is 3.09. The minimum atomic E-state index is -0.192. The van der Waals surface area contributed by atoms with E-state index in [0.29, 0.717) is 19.5 Å². The van der Waals surface area contributed by atoms with Gasteiger partial charge in [0.15, 0.2) is 11.0 Å². The first-order chi connectivity index (χ1) is 8.11. The largest absolute Gasteiger partial charge is 0.440 e. The Bertz CT molecular complexity index is 441. The van der Waals surface area contributed by atoms with E-state index in [2.05, 4.69) is 0 Å². The van der Waals surface area contributed by atoms with E-state index in [0.717, 1.165) is 6.42 Å². The summed E-state index contributed by atoms with van der Waals surface area (Å²) >= 11 is 5.63. The zero-order valence-corrected chi connectivity index (χ0v) is 10.4. The summed E-state index contributed by atoms with van der Waals surface area (Å²) in [6.07, 6.45) is 1.19. The summed E-state index contributed by atoms with van der Waals surface area (Å²) in [7, 11) is 0. The van der Waals surface area contributed by atoms with Crippen LogP contribution in [0.3, 0.4) is 0 Å². The van der Waals surface area contributed by atoms with E-state index in [-0.39, 0.29) is 28.6 Å². The number of Topliss-reactive ketones (excluding diaryl/α,β-unsaturated/α-hetero) is 1. The number of nitrogens with zero attached hydrogens (tertiary/aromatic N) is 1. The highest BCUT2D eigenvalue weighted by molar-refractivity contribution is 6.29. The second kappa shape index (κ2) is 4.92. The Balaban J connectivity index is 2.08. The molecule has 1 unspecified atom stereocenters. The van der Waals surface area contributed by atoms with E-state index in [9.17, 15) is 9.59 Å². The number of hydrogen-bond donors (Lipinski definition) is 0. The topological polar surface area (TPSA) is 50.5 Å². The SMILES string of the molecule is CCC1CN(C(=O)c2ccc(Cl)o2)CCC1=O. The van der Waals surface area contributed by atoms with Gasteiger partial charge in [0, 0.05) is 25.4 Å². The predicted octanol–water partition coefficient (Wildman–Crippen LogP) is 2.37. The fraction of sp³-hybridized carbons (Fsp3) is 0.500. The maximum absolute atomic E-state index is 12.0. The van der Waals surface area contributed by atoms with Gasteiger partial charge in [-0.15, -0.1) is 0 Å². The molecule has 1 aromatic heterocycles. The number of hydrogen-bond acceptors (Lipinski definition) is 3. The minimum Gasteiger partial charge on any atom is -0.440 e. The number of halogens is 1. The summed E-state index contributed by atoms with van der Waals surface area (Å²) in [4.78, 5) is 25.3. The summed E-state index contributed by atoms with van der Waals surface area (Å²) in [5.41, 5.74) is 0. The molecule has 1 amide bonds. The molecule has 1 fully saturated rings. The van der Waals surface area contributed by atoms with E-state index in [4.69, 9.17) is 16.0 Å². The van der Waals surface area contributed by atoms with Crippen LogP contribution in [0.25, 0.3) is 0 Å². The highest BCUT2D eigenvalue weighted by Crippen LogP contribution is 2.20. The number of rotatable bonds is 2. The number of piperidine rings is 1. The second-order valence-corrected chi connectivity index (χ2v) is 4.55. The average Bonchev–Trinajstić information content (AvgIpc) is 2.75. The van der Waals surface area contributed by atoms with Gasteiger partial charge in [-0.2, -0.15) is 0 Å². The molecule has 4 nitrogen and oxygen atoms in total. The Morgan fingerprint density at radius 1 is 1.59 bits per heavy atom. The molecule has 5 heteroatoms. The lowest BCUT2D eigenvalue weighted by Gasteiger charge is -2.30. The van der Waals surface area contributed by atoms with Gasteiger partial charge >= 0.3 is 0 Å². The standard InChI is InChI=1S/C12H14ClNO3/c1-2-8-7-14(6-5-9(8)15)12(16)10-3-4-11(13)17-10/h3-4,8H,2,5-7H2,1H3. The molecule has 0 aromatic carbocycles. The molecule has 0 radical (unpaired) electrons. The van der Waals surface area contributed by atoms with Gasteiger partial charge in [0.1, 0.15) is 5.78 Å². The zero-order valence-electron chi connectivity index (χ0n) is 9.61. The lowest BCUT2D eigenvalue weighted by Crippen LogP contribution is -2.43. The summed E-state index contributed by atoms with van der Waals surface area (Å²) < 4.78 is 5.08. The summed E-state index contributed by atoms with van der Waals surface area (Å²) in [5, 5.41) is 0.202. The normalized spacial score (nSPS) is 20.7. The maximum atomic E-state index is 12.0. The Kier molecular flexibility index (Phi) is 3.52. The molecule has 2 rings (SSSR count). The predicted molar refractivity (Wildman–Crippen MR) is 63.0 cm³/mol. The molecule has 0 bridgehead atoms. The molecule has 0 N–H and O–H groups in total. The molecule has 92 valence electrons. The van der Waals surface area contributed by atoms with Crippen LogP contribution in [0.4, 0.5) is 0 Å². The quantitative estimate of drug-likeness (QED) is 0.815. The van der Waals surface area contributed by atoms with Gasteiger partial charge in [-0.05, 0) is 30.2 Å². The molecule has 0 spiro atoms. The summed E-state index contributed by atoms with van der Waals surface area (Å²) in [6, 6.07) is 3.10. The zero-order chi connectivity index (χ0) is 12.4. The minimum absolute atomic E-state index is 0.0434. The molecule has 0 aliphatic carbocycles. The molecule has 2 heterocycles. The van der Waals surface area contributed by atoms with Crippen molar-refractivity contribution >= 4 is 23.3 Å². The molecular weight excluding hydrogens is 242 g/mol. The van der Waals surface area contributed by atoms with Crippen LogP contribution in [0.1, 0.15) is 30.3 Å². The number of amides is 1. The Morgan fingerprint density at radius 3 is 2.94 bits per heavy atom. The van der Waals surface area contributed by atoms with Crippen molar-refractivity contribution in [2.75, 3.05) is 13.1 Å². The van der Waals surface area contributed by atoms with E-state index in [1.54, 1.807) is 17.0 Å². The van der Waals surface area contributed by atoms with Crippen LogP contribution in [-0.4, -0.2) is 29.7 Å². The van der Waals surface area contributed by atoms with Gasteiger partial charge in [-0.1, -0.05) is 6.92 Å². The molecule has 1 aliphatic heterocycles. The van der Waals surface area contributed by atoms with Crippen molar-refractivity contribution in [3.05, 3.63) is 23.1 Å². The van der Waals surface area contributed by atoms with Crippen molar-refractivity contribution < 1.29 is 14.0 Å². The average molecular weight is 256 g/mol. The Morgan fingerprint density at radius 2 is 2.35 bits per heavy atom. The third-order valence-corrected chi connectivity index (χ3v) is 3.29. The van der Waals surface area contributed by atoms with E-state index >= 15 is 0 Å². The van der Waals surface area contributed by atoms with E-state index in [1.165, 1.54) is 0 Å². The van der Waals surface area contributed by atoms with Crippen LogP contribution in [0, 0.1) is 5.92 Å². The van der Waals surface area contributed by atoms with Crippen LogP contribution in [0.2, 0.25) is 5.22 Å². The fourth-order valence-electron chi connectivity index (χ4n) is 2.03.